The first-order chi connectivity index (χ1) is 15.5. The molecular weight excluding hydrogens is 426 g/mol. The van der Waals surface area contributed by atoms with Crippen LogP contribution in [0, 0.1) is 6.92 Å². The SMILES string of the molecule is COCCN(Cc1nc2sc3c(c2c(=O)[nH]1)CCCC3)C[C@@H](O)COc1ccccc1C. The Hall–Kier alpha value is -2.26. The zero-order valence-corrected chi connectivity index (χ0v) is 19.5. The van der Waals surface area contributed by atoms with Crippen LogP contribution in [0.15, 0.2) is 29.1 Å². The van der Waals surface area contributed by atoms with Gasteiger partial charge in [-0.2, -0.15) is 0 Å². The molecular formula is C24H31N3O4S. The molecule has 1 aromatic carbocycles. The van der Waals surface area contributed by atoms with Crippen LogP contribution in [0.5, 0.6) is 5.75 Å². The summed E-state index contributed by atoms with van der Waals surface area (Å²) in [5.74, 6) is 1.39. The fourth-order valence-electron chi connectivity index (χ4n) is 4.21. The highest BCUT2D eigenvalue weighted by atomic mass is 32.1. The fraction of sp³-hybridized carbons (Fsp3) is 0.500. The molecule has 0 radical (unpaired) electrons. The molecule has 8 heteroatoms. The van der Waals surface area contributed by atoms with Crippen LogP contribution in [0.4, 0.5) is 0 Å². The van der Waals surface area contributed by atoms with Crippen molar-refractivity contribution in [1.29, 1.82) is 0 Å². The molecule has 1 aliphatic carbocycles. The van der Waals surface area contributed by atoms with E-state index in [1.54, 1.807) is 18.4 Å². The molecule has 0 spiro atoms. The van der Waals surface area contributed by atoms with Crippen molar-refractivity contribution in [1.82, 2.24) is 14.9 Å². The Bertz CT molecular complexity index is 1110. The van der Waals surface area contributed by atoms with Gasteiger partial charge in [-0.3, -0.25) is 9.69 Å². The first-order valence-electron chi connectivity index (χ1n) is 11.2. The van der Waals surface area contributed by atoms with E-state index < -0.39 is 6.10 Å². The van der Waals surface area contributed by atoms with Crippen molar-refractivity contribution < 1.29 is 14.6 Å². The van der Waals surface area contributed by atoms with E-state index in [1.807, 2.05) is 36.1 Å². The van der Waals surface area contributed by atoms with Gasteiger partial charge in [0, 0.05) is 25.1 Å². The number of H-pyrrole nitrogens is 1. The fourth-order valence-corrected chi connectivity index (χ4v) is 5.49. The molecule has 0 saturated heterocycles. The lowest BCUT2D eigenvalue weighted by atomic mass is 9.97. The maximum absolute atomic E-state index is 12.8. The van der Waals surface area contributed by atoms with E-state index in [2.05, 4.69) is 4.98 Å². The number of fused-ring (bicyclic) bond motifs is 3. The summed E-state index contributed by atoms with van der Waals surface area (Å²) in [5.41, 5.74) is 2.17. The van der Waals surface area contributed by atoms with Gasteiger partial charge in [0.2, 0.25) is 0 Å². The molecule has 0 aliphatic heterocycles. The summed E-state index contributed by atoms with van der Waals surface area (Å²) in [6.07, 6.45) is 3.63. The van der Waals surface area contributed by atoms with Crippen molar-refractivity contribution in [2.45, 2.75) is 45.3 Å². The normalized spacial score (nSPS) is 14.6. The van der Waals surface area contributed by atoms with Gasteiger partial charge in [-0.25, -0.2) is 4.98 Å². The lowest BCUT2D eigenvalue weighted by Gasteiger charge is -2.24. The molecule has 1 atom stereocenters. The molecule has 1 aliphatic rings. The lowest BCUT2D eigenvalue weighted by molar-refractivity contribution is 0.0531. The minimum absolute atomic E-state index is 0.0560. The third-order valence-corrected chi connectivity index (χ3v) is 7.04. The smallest absolute Gasteiger partial charge is 0.259 e. The van der Waals surface area contributed by atoms with Crippen LogP contribution in [0.1, 0.15) is 34.7 Å². The summed E-state index contributed by atoms with van der Waals surface area (Å²) in [6, 6.07) is 7.75. The van der Waals surface area contributed by atoms with Gasteiger partial charge in [0.25, 0.3) is 5.56 Å². The molecule has 2 heterocycles. The highest BCUT2D eigenvalue weighted by molar-refractivity contribution is 7.18. The number of aliphatic hydroxyl groups is 1. The van der Waals surface area contributed by atoms with Gasteiger partial charge in [0.05, 0.1) is 18.5 Å². The molecule has 0 unspecified atom stereocenters. The summed E-state index contributed by atoms with van der Waals surface area (Å²) in [4.78, 5) is 24.8. The second-order valence-electron chi connectivity index (χ2n) is 8.36. The molecule has 0 amide bonds. The number of aromatic amines is 1. The highest BCUT2D eigenvalue weighted by Gasteiger charge is 2.21. The van der Waals surface area contributed by atoms with Gasteiger partial charge in [-0.15, -0.1) is 11.3 Å². The van der Waals surface area contributed by atoms with E-state index in [0.29, 0.717) is 32.1 Å². The van der Waals surface area contributed by atoms with E-state index >= 15 is 0 Å². The van der Waals surface area contributed by atoms with Crippen LogP contribution in [-0.2, 0) is 24.1 Å². The largest absolute Gasteiger partial charge is 0.491 e. The number of aromatic nitrogens is 2. The third-order valence-electron chi connectivity index (χ3n) is 5.85. The molecule has 32 heavy (non-hydrogen) atoms. The summed E-state index contributed by atoms with van der Waals surface area (Å²) >= 11 is 1.65. The molecule has 2 N–H and O–H groups in total. The first-order valence-corrected chi connectivity index (χ1v) is 12.0. The second kappa shape index (κ2) is 10.6. The third kappa shape index (κ3) is 5.38. The number of rotatable bonds is 10. The second-order valence-corrected chi connectivity index (χ2v) is 9.45. The predicted molar refractivity (Wildman–Crippen MR) is 127 cm³/mol. The summed E-state index contributed by atoms with van der Waals surface area (Å²) in [5, 5.41) is 11.4. The van der Waals surface area contributed by atoms with E-state index in [4.69, 9.17) is 14.5 Å². The minimum atomic E-state index is -0.684. The number of nitrogens with zero attached hydrogens (tertiary/aromatic N) is 2. The van der Waals surface area contributed by atoms with Gasteiger partial charge in [-0.1, -0.05) is 18.2 Å². The quantitative estimate of drug-likeness (QED) is 0.487. The zero-order valence-electron chi connectivity index (χ0n) is 18.7. The maximum atomic E-state index is 12.8. The van der Waals surface area contributed by atoms with Gasteiger partial charge < -0.3 is 19.6 Å². The number of aryl methyl sites for hydroxylation is 3. The number of aliphatic hydroxyl groups excluding tert-OH is 1. The van der Waals surface area contributed by atoms with Gasteiger partial charge in [0.15, 0.2) is 0 Å². The average Bonchev–Trinajstić information content (AvgIpc) is 3.15. The average molecular weight is 458 g/mol. The molecule has 7 nitrogen and oxygen atoms in total. The monoisotopic (exact) mass is 457 g/mol. The van der Waals surface area contributed by atoms with E-state index in [9.17, 15) is 9.90 Å². The molecule has 172 valence electrons. The number of para-hydroxylation sites is 1. The Balaban J connectivity index is 1.45. The van der Waals surface area contributed by atoms with Crippen LogP contribution >= 0.6 is 11.3 Å². The summed E-state index contributed by atoms with van der Waals surface area (Å²) in [7, 11) is 1.65. The maximum Gasteiger partial charge on any atom is 0.259 e. The van der Waals surface area contributed by atoms with Crippen molar-refractivity contribution in [3.8, 4) is 5.75 Å². The number of methoxy groups -OCH3 is 1. The lowest BCUT2D eigenvalue weighted by Crippen LogP contribution is -2.38. The van der Waals surface area contributed by atoms with Crippen molar-refractivity contribution in [2.24, 2.45) is 0 Å². The number of hydrogen-bond donors (Lipinski definition) is 2. The van der Waals surface area contributed by atoms with Crippen LogP contribution in [-0.4, -0.2) is 59.5 Å². The Morgan fingerprint density at radius 1 is 1.28 bits per heavy atom. The molecule has 4 rings (SSSR count). The van der Waals surface area contributed by atoms with Gasteiger partial charge in [-0.05, 0) is 49.8 Å². The zero-order chi connectivity index (χ0) is 22.5. The summed E-state index contributed by atoms with van der Waals surface area (Å²) < 4.78 is 11.0. The van der Waals surface area contributed by atoms with Gasteiger partial charge in [0.1, 0.15) is 29.1 Å². The van der Waals surface area contributed by atoms with Crippen molar-refractivity contribution in [3.63, 3.8) is 0 Å². The number of nitrogens with one attached hydrogen (secondary N) is 1. The van der Waals surface area contributed by atoms with Crippen LogP contribution in [0.3, 0.4) is 0 Å². The Kier molecular flexibility index (Phi) is 7.57. The van der Waals surface area contributed by atoms with E-state index in [0.717, 1.165) is 40.8 Å². The van der Waals surface area contributed by atoms with Crippen LogP contribution < -0.4 is 10.3 Å². The predicted octanol–water partition coefficient (Wildman–Crippen LogP) is 3.06. The molecule has 0 bridgehead atoms. The Morgan fingerprint density at radius 2 is 2.09 bits per heavy atom. The standard InChI is InChI=1S/C24H31N3O4S/c1-16-7-3-5-9-19(16)31-15-17(28)13-27(11-12-30-2)14-21-25-23(29)22-18-8-4-6-10-20(18)32-24(22)26-21/h3,5,7,9,17,28H,4,6,8,10-15H2,1-2H3,(H,25,26,29)/t17-/m1/s1. The number of ether oxygens (including phenoxy) is 2. The van der Waals surface area contributed by atoms with Crippen LogP contribution in [0.2, 0.25) is 0 Å². The van der Waals surface area contributed by atoms with E-state index in [-0.39, 0.29) is 12.2 Å². The van der Waals surface area contributed by atoms with Crippen molar-refractivity contribution in [2.75, 3.05) is 33.4 Å². The number of hydrogen-bond acceptors (Lipinski definition) is 7. The van der Waals surface area contributed by atoms with E-state index in [1.165, 1.54) is 16.9 Å². The Labute approximate surface area is 192 Å². The molecule has 0 saturated carbocycles. The number of thiophene rings is 1. The summed E-state index contributed by atoms with van der Waals surface area (Å²) in [6.45, 7) is 4.12. The molecule has 3 aromatic rings. The minimum Gasteiger partial charge on any atom is -0.491 e. The van der Waals surface area contributed by atoms with Crippen molar-refractivity contribution in [3.05, 3.63) is 56.4 Å². The molecule has 0 fully saturated rings. The van der Waals surface area contributed by atoms with Crippen molar-refractivity contribution >= 4 is 21.6 Å². The van der Waals surface area contributed by atoms with Gasteiger partial charge >= 0.3 is 0 Å². The van der Waals surface area contributed by atoms with Crippen LogP contribution in [0.25, 0.3) is 10.2 Å². The Morgan fingerprint density at radius 3 is 2.91 bits per heavy atom. The topological polar surface area (TPSA) is 87.7 Å². The first kappa shape index (κ1) is 22.9. The molecule has 2 aromatic heterocycles. The number of benzene rings is 1. The highest BCUT2D eigenvalue weighted by Crippen LogP contribution is 2.33.